The number of ether oxygens (including phenoxy) is 1. The van der Waals surface area contributed by atoms with Gasteiger partial charge in [-0.05, 0) is 37.4 Å². The van der Waals surface area contributed by atoms with E-state index < -0.39 is 30.0 Å². The number of hydrogen-bond donors (Lipinski definition) is 6. The molecule has 0 aliphatic heterocycles. The van der Waals surface area contributed by atoms with Crippen LogP contribution in [0.25, 0.3) is 0 Å². The zero-order chi connectivity index (χ0) is 29.1. The van der Waals surface area contributed by atoms with Crippen molar-refractivity contribution in [2.75, 3.05) is 33.8 Å². The molecule has 0 fully saturated rings. The number of aliphatic hydroxyl groups excluding tert-OH is 1. The molecule has 0 radical (unpaired) electrons. The van der Waals surface area contributed by atoms with Gasteiger partial charge in [0.05, 0.1) is 12.5 Å². The third kappa shape index (κ3) is 15.5. The summed E-state index contributed by atoms with van der Waals surface area (Å²) in [6, 6.07) is 20.1. The standard InChI is InChI=1S/C21H27N3O2.2C2H2O4/c1-24(2)21(18-6-4-3-5-7-18)15-23-14-19(25)16-26-20-10-8-17(9-11-20)12-13-22;2*3-1(4)2(5)6/h3-11,19,21,23,25H,12,14-16H2,1-2H3;2*(H,3,4)(H,5,6). The highest BCUT2D eigenvalue weighted by Crippen LogP contribution is 2.16. The molecule has 2 aromatic carbocycles. The molecule has 0 aliphatic carbocycles. The van der Waals surface area contributed by atoms with E-state index in [0.717, 1.165) is 12.1 Å². The highest BCUT2D eigenvalue weighted by atomic mass is 16.5. The van der Waals surface area contributed by atoms with Gasteiger partial charge >= 0.3 is 23.9 Å². The molecular weight excluding hydrogens is 502 g/mol. The van der Waals surface area contributed by atoms with Crippen molar-refractivity contribution in [1.82, 2.24) is 10.2 Å². The minimum atomic E-state index is -1.82. The summed E-state index contributed by atoms with van der Waals surface area (Å²) >= 11 is 0. The second kappa shape index (κ2) is 18.7. The van der Waals surface area contributed by atoms with Crippen molar-refractivity contribution in [3.05, 3.63) is 65.7 Å². The number of nitriles is 1. The molecule has 2 rings (SSSR count). The largest absolute Gasteiger partial charge is 0.491 e. The fourth-order valence-corrected chi connectivity index (χ4v) is 2.71. The maximum Gasteiger partial charge on any atom is 0.414 e. The van der Waals surface area contributed by atoms with Crippen molar-refractivity contribution in [3.63, 3.8) is 0 Å². The molecule has 13 nitrogen and oxygen atoms in total. The van der Waals surface area contributed by atoms with E-state index in [1.54, 1.807) is 0 Å². The molecule has 0 bridgehead atoms. The number of nitrogens with zero attached hydrogens (tertiary/aromatic N) is 2. The fourth-order valence-electron chi connectivity index (χ4n) is 2.71. The van der Waals surface area contributed by atoms with Crippen LogP contribution in [-0.2, 0) is 25.6 Å². The molecule has 0 amide bonds. The lowest BCUT2D eigenvalue weighted by Crippen LogP contribution is -2.37. The number of carboxylic acids is 4. The summed E-state index contributed by atoms with van der Waals surface area (Å²) in [5.74, 6) is -6.60. The van der Waals surface area contributed by atoms with E-state index in [4.69, 9.17) is 49.6 Å². The molecule has 2 unspecified atom stereocenters. The average Bonchev–Trinajstić information content (AvgIpc) is 2.87. The lowest BCUT2D eigenvalue weighted by atomic mass is 10.1. The summed E-state index contributed by atoms with van der Waals surface area (Å²) in [5, 5.41) is 51.7. The third-order valence-electron chi connectivity index (χ3n) is 4.54. The van der Waals surface area contributed by atoms with Gasteiger partial charge < -0.3 is 40.5 Å². The maximum absolute atomic E-state index is 10.1. The van der Waals surface area contributed by atoms with Gasteiger partial charge in [-0.1, -0.05) is 42.5 Å². The van der Waals surface area contributed by atoms with Crippen LogP contribution in [0.3, 0.4) is 0 Å². The third-order valence-corrected chi connectivity index (χ3v) is 4.54. The first kappa shape index (κ1) is 33.5. The summed E-state index contributed by atoms with van der Waals surface area (Å²) in [6.45, 7) is 1.43. The van der Waals surface area contributed by atoms with Crippen LogP contribution in [0.4, 0.5) is 0 Å². The van der Waals surface area contributed by atoms with Crippen LogP contribution in [-0.4, -0.2) is 94.2 Å². The van der Waals surface area contributed by atoms with E-state index in [0.29, 0.717) is 18.7 Å². The van der Waals surface area contributed by atoms with Crippen LogP contribution in [0, 0.1) is 11.3 Å². The summed E-state index contributed by atoms with van der Waals surface area (Å²) in [5.41, 5.74) is 2.20. The van der Waals surface area contributed by atoms with Gasteiger partial charge in [-0.25, -0.2) is 19.2 Å². The molecule has 206 valence electrons. The molecule has 6 N–H and O–H groups in total. The van der Waals surface area contributed by atoms with E-state index in [1.807, 2.05) is 42.5 Å². The van der Waals surface area contributed by atoms with Crippen LogP contribution < -0.4 is 10.1 Å². The maximum atomic E-state index is 10.1. The zero-order valence-electron chi connectivity index (χ0n) is 20.9. The Kier molecular flexibility index (Phi) is 16.5. The van der Waals surface area contributed by atoms with Gasteiger partial charge in [-0.15, -0.1) is 0 Å². The fraction of sp³-hybridized carbons (Fsp3) is 0.320. The van der Waals surface area contributed by atoms with E-state index in [-0.39, 0.29) is 12.6 Å². The number of likely N-dealkylation sites (N-methyl/N-ethyl adjacent to an activating group) is 1. The summed E-state index contributed by atoms with van der Waals surface area (Å²) < 4.78 is 5.61. The molecule has 0 saturated heterocycles. The first-order valence-electron chi connectivity index (χ1n) is 11.0. The quantitative estimate of drug-likeness (QED) is 0.232. The lowest BCUT2D eigenvalue weighted by Gasteiger charge is -2.25. The monoisotopic (exact) mass is 533 g/mol. The molecule has 0 spiro atoms. The number of nitrogens with one attached hydrogen (secondary N) is 1. The summed E-state index contributed by atoms with van der Waals surface area (Å²) in [7, 11) is 4.10. The van der Waals surface area contributed by atoms with Crippen molar-refractivity contribution in [1.29, 1.82) is 5.26 Å². The van der Waals surface area contributed by atoms with Gasteiger partial charge in [-0.2, -0.15) is 5.26 Å². The first-order valence-corrected chi connectivity index (χ1v) is 11.0. The van der Waals surface area contributed by atoms with Crippen molar-refractivity contribution >= 4 is 23.9 Å². The van der Waals surface area contributed by atoms with Gasteiger partial charge in [0, 0.05) is 19.1 Å². The number of carbonyl (C=O) groups is 4. The lowest BCUT2D eigenvalue weighted by molar-refractivity contribution is -0.159. The second-order valence-corrected chi connectivity index (χ2v) is 7.71. The van der Waals surface area contributed by atoms with E-state index in [2.05, 4.69) is 42.5 Å². The number of aliphatic carboxylic acids is 4. The first-order chi connectivity index (χ1) is 17.9. The Morgan fingerprint density at radius 2 is 1.37 bits per heavy atom. The molecular formula is C25H31N3O10. The van der Waals surface area contributed by atoms with Crippen LogP contribution in [0.2, 0.25) is 0 Å². The van der Waals surface area contributed by atoms with Crippen LogP contribution in [0.1, 0.15) is 17.2 Å². The van der Waals surface area contributed by atoms with Crippen molar-refractivity contribution in [2.24, 2.45) is 0 Å². The Morgan fingerprint density at radius 1 is 0.868 bits per heavy atom. The smallest absolute Gasteiger partial charge is 0.414 e. The molecule has 2 aromatic rings. The number of carboxylic acid groups (broad SMARTS) is 4. The Hall–Kier alpha value is -4.51. The minimum absolute atomic E-state index is 0.225. The van der Waals surface area contributed by atoms with E-state index >= 15 is 0 Å². The van der Waals surface area contributed by atoms with Crippen molar-refractivity contribution < 1.29 is 49.4 Å². The van der Waals surface area contributed by atoms with Crippen LogP contribution >= 0.6 is 0 Å². The number of benzene rings is 2. The number of hydrogen-bond acceptors (Lipinski definition) is 9. The van der Waals surface area contributed by atoms with E-state index in [1.165, 1.54) is 5.56 Å². The SMILES string of the molecule is CN(C)C(CNCC(O)COc1ccc(CC#N)cc1)c1ccccc1.O=C(O)C(=O)O.O=C(O)C(=O)O. The minimum Gasteiger partial charge on any atom is -0.491 e. The zero-order valence-corrected chi connectivity index (χ0v) is 20.9. The van der Waals surface area contributed by atoms with Gasteiger partial charge in [0.2, 0.25) is 0 Å². The van der Waals surface area contributed by atoms with Gasteiger partial charge in [0.25, 0.3) is 0 Å². The average molecular weight is 534 g/mol. The predicted molar refractivity (Wildman–Crippen MR) is 134 cm³/mol. The highest BCUT2D eigenvalue weighted by Gasteiger charge is 2.14. The predicted octanol–water partition coefficient (Wildman–Crippen LogP) is 0.696. The number of aliphatic hydroxyl groups is 1. The van der Waals surface area contributed by atoms with Crippen molar-refractivity contribution in [3.8, 4) is 11.8 Å². The summed E-state index contributed by atoms with van der Waals surface area (Å²) in [6.07, 6.45) is -0.200. The Balaban J connectivity index is 0.000000948. The molecule has 2 atom stereocenters. The van der Waals surface area contributed by atoms with Crippen LogP contribution in [0.5, 0.6) is 5.75 Å². The molecule has 0 aliphatic rings. The highest BCUT2D eigenvalue weighted by molar-refractivity contribution is 6.27. The Morgan fingerprint density at radius 3 is 1.79 bits per heavy atom. The van der Waals surface area contributed by atoms with Gasteiger partial charge in [0.15, 0.2) is 0 Å². The van der Waals surface area contributed by atoms with E-state index in [9.17, 15) is 5.11 Å². The molecule has 0 heterocycles. The Bertz CT molecular complexity index is 1010. The molecule has 38 heavy (non-hydrogen) atoms. The molecule has 0 aromatic heterocycles. The van der Waals surface area contributed by atoms with Gasteiger partial charge in [0.1, 0.15) is 18.5 Å². The second-order valence-electron chi connectivity index (χ2n) is 7.71. The normalized spacial score (nSPS) is 11.3. The Labute approximate surface area is 219 Å². The molecule has 0 saturated carbocycles. The van der Waals surface area contributed by atoms with Crippen molar-refractivity contribution in [2.45, 2.75) is 18.6 Å². The molecule has 13 heteroatoms. The summed E-state index contributed by atoms with van der Waals surface area (Å²) in [4.78, 5) is 38.6. The van der Waals surface area contributed by atoms with Crippen LogP contribution in [0.15, 0.2) is 54.6 Å². The number of rotatable bonds is 10. The topological polar surface area (TPSA) is 218 Å². The van der Waals surface area contributed by atoms with Gasteiger partial charge in [-0.3, -0.25) is 0 Å².